The van der Waals surface area contributed by atoms with Crippen LogP contribution in [0.5, 0.6) is 0 Å². The Morgan fingerprint density at radius 2 is 1.34 bits per heavy atom. The van der Waals surface area contributed by atoms with Crippen LogP contribution in [0.25, 0.3) is 22.5 Å². The smallest absolute Gasteiger partial charge is 0.225 e. The van der Waals surface area contributed by atoms with Gasteiger partial charge in [-0.05, 0) is 13.0 Å². The molecular formula is C28H25Cl2N7O. The summed E-state index contributed by atoms with van der Waals surface area (Å²) in [5.41, 5.74) is 4.41. The highest BCUT2D eigenvalue weighted by Gasteiger charge is 2.53. The van der Waals surface area contributed by atoms with Gasteiger partial charge in [-0.1, -0.05) is 89.3 Å². The van der Waals surface area contributed by atoms with Gasteiger partial charge in [0.1, 0.15) is 16.9 Å². The lowest BCUT2D eigenvalue weighted by atomic mass is 9.91. The van der Waals surface area contributed by atoms with Crippen molar-refractivity contribution in [1.29, 1.82) is 0 Å². The largest absolute Gasteiger partial charge is 0.287 e. The maximum absolute atomic E-state index is 13.0. The zero-order valence-electron chi connectivity index (χ0n) is 20.8. The van der Waals surface area contributed by atoms with E-state index in [1.165, 1.54) is 0 Å². The van der Waals surface area contributed by atoms with Gasteiger partial charge in [0.05, 0.1) is 23.4 Å². The van der Waals surface area contributed by atoms with Crippen molar-refractivity contribution >= 4 is 34.8 Å². The van der Waals surface area contributed by atoms with Crippen LogP contribution in [0.1, 0.15) is 25.6 Å². The number of aromatic nitrogens is 6. The van der Waals surface area contributed by atoms with Crippen LogP contribution >= 0.6 is 23.2 Å². The first-order valence-corrected chi connectivity index (χ1v) is 13.0. The predicted octanol–water partition coefficient (Wildman–Crippen LogP) is 5.95. The number of hydrogen-bond acceptors (Lipinski definition) is 5. The van der Waals surface area contributed by atoms with Gasteiger partial charge in [-0.15, -0.1) is 33.4 Å². The summed E-state index contributed by atoms with van der Waals surface area (Å²) in [5, 5.41) is 18.1. The lowest BCUT2D eigenvalue weighted by Gasteiger charge is -2.35. The molecule has 192 valence electrons. The number of carbonyl (C=O) groups is 1. The van der Waals surface area contributed by atoms with E-state index in [2.05, 4.69) is 27.5 Å². The first-order chi connectivity index (χ1) is 18.5. The van der Waals surface area contributed by atoms with Gasteiger partial charge in [0.25, 0.3) is 0 Å². The molecular weight excluding hydrogens is 521 g/mol. The molecule has 0 saturated heterocycles. The van der Waals surface area contributed by atoms with Crippen LogP contribution in [-0.4, -0.2) is 41.2 Å². The number of carbonyl (C=O) groups excluding carboxylic acids is 1. The van der Waals surface area contributed by atoms with Gasteiger partial charge >= 0.3 is 0 Å². The van der Waals surface area contributed by atoms with Crippen molar-refractivity contribution in [3.05, 3.63) is 103 Å². The van der Waals surface area contributed by atoms with Crippen molar-refractivity contribution in [2.75, 3.05) is 10.2 Å². The monoisotopic (exact) mass is 545 g/mol. The predicted molar refractivity (Wildman–Crippen MR) is 149 cm³/mol. The van der Waals surface area contributed by atoms with Crippen molar-refractivity contribution in [1.82, 2.24) is 30.0 Å². The first-order valence-electron chi connectivity index (χ1n) is 12.0. The van der Waals surface area contributed by atoms with E-state index in [1.807, 2.05) is 102 Å². The molecule has 0 radical (unpaired) electrons. The van der Waals surface area contributed by atoms with E-state index in [0.29, 0.717) is 0 Å². The number of para-hydroxylation sites is 1. The van der Waals surface area contributed by atoms with Crippen molar-refractivity contribution < 1.29 is 4.79 Å². The van der Waals surface area contributed by atoms with Gasteiger partial charge in [-0.3, -0.25) is 9.69 Å². The molecule has 1 amide bonds. The summed E-state index contributed by atoms with van der Waals surface area (Å²) in [6.07, 6.45) is 3.28. The highest BCUT2D eigenvalue weighted by molar-refractivity contribution is 6.40. The highest BCUT2D eigenvalue weighted by atomic mass is 35.5. The molecule has 0 bridgehead atoms. The van der Waals surface area contributed by atoms with E-state index in [4.69, 9.17) is 23.2 Å². The van der Waals surface area contributed by atoms with E-state index in [9.17, 15) is 4.79 Å². The lowest BCUT2D eigenvalue weighted by Crippen LogP contribution is -2.46. The van der Waals surface area contributed by atoms with Gasteiger partial charge < -0.3 is 0 Å². The Bertz CT molecular complexity index is 1540. The molecule has 2 aromatic heterocycles. The SMILES string of the molecule is CC(=O)N1c2ccccc2[C@](C)(n2cc(-c3ccccc3)nn2)[C@H]1n1cc(-c2ccccc2)nn1.ClCCl. The maximum Gasteiger partial charge on any atom is 0.225 e. The molecule has 0 fully saturated rings. The Kier molecular flexibility index (Phi) is 7.26. The van der Waals surface area contributed by atoms with E-state index >= 15 is 0 Å². The standard InChI is InChI=1S/C27H23N7O.CH2Cl2/c1-19(35)34-25-16-10-9-15-22(25)27(2,33-18-24(29-31-33)21-13-7-4-8-14-21)26(34)32-17-23(28-30-32)20-11-5-3-6-12-20;2-1-3/h3-18,26H,1-2H3;1H2/t26-,27-;/m0./s1. The third-order valence-electron chi connectivity index (χ3n) is 6.66. The van der Waals surface area contributed by atoms with Gasteiger partial charge in [-0.2, -0.15) is 0 Å². The highest BCUT2D eigenvalue weighted by Crippen LogP contribution is 2.51. The van der Waals surface area contributed by atoms with Crippen LogP contribution in [0.3, 0.4) is 0 Å². The number of hydrogen-bond donors (Lipinski definition) is 0. The van der Waals surface area contributed by atoms with Crippen molar-refractivity contribution in [2.24, 2.45) is 0 Å². The van der Waals surface area contributed by atoms with Crippen LogP contribution < -0.4 is 4.90 Å². The number of alkyl halides is 2. The Hall–Kier alpha value is -4.01. The van der Waals surface area contributed by atoms with Crippen molar-refractivity contribution in [3.63, 3.8) is 0 Å². The molecule has 1 aliphatic heterocycles. The zero-order chi connectivity index (χ0) is 26.7. The molecule has 1 aliphatic rings. The minimum atomic E-state index is -0.788. The third kappa shape index (κ3) is 4.46. The number of amides is 1. The number of nitrogens with zero attached hydrogens (tertiary/aromatic N) is 7. The van der Waals surface area contributed by atoms with Crippen molar-refractivity contribution in [3.8, 4) is 22.5 Å². The molecule has 5 aromatic rings. The number of fused-ring (bicyclic) bond motifs is 1. The molecule has 2 atom stereocenters. The second-order valence-electron chi connectivity index (χ2n) is 8.89. The topological polar surface area (TPSA) is 81.7 Å². The molecule has 38 heavy (non-hydrogen) atoms. The van der Waals surface area contributed by atoms with Gasteiger partial charge in [0.2, 0.25) is 5.91 Å². The molecule has 0 spiro atoms. The Balaban J connectivity index is 0.000000937. The van der Waals surface area contributed by atoms with Crippen LogP contribution in [0, 0.1) is 0 Å². The fourth-order valence-corrected chi connectivity index (χ4v) is 4.96. The number of benzene rings is 3. The molecule has 0 N–H and O–H groups in total. The number of anilines is 1. The molecule has 3 heterocycles. The average Bonchev–Trinajstić information content (AvgIpc) is 3.68. The minimum Gasteiger partial charge on any atom is -0.287 e. The summed E-state index contributed by atoms with van der Waals surface area (Å²) >= 11 is 9.53. The third-order valence-corrected chi connectivity index (χ3v) is 6.66. The van der Waals surface area contributed by atoms with E-state index < -0.39 is 11.7 Å². The van der Waals surface area contributed by atoms with Gasteiger partial charge in [-0.25, -0.2) is 9.36 Å². The minimum absolute atomic E-state index is 0.0914. The Morgan fingerprint density at radius 3 is 1.95 bits per heavy atom. The molecule has 10 heteroatoms. The van der Waals surface area contributed by atoms with Crippen LogP contribution in [-0.2, 0) is 10.3 Å². The molecule has 0 unspecified atom stereocenters. The average molecular weight is 546 g/mol. The second-order valence-corrected chi connectivity index (χ2v) is 9.70. The zero-order valence-corrected chi connectivity index (χ0v) is 22.3. The molecule has 0 saturated carbocycles. The van der Waals surface area contributed by atoms with E-state index in [1.54, 1.807) is 16.5 Å². The molecule has 8 nitrogen and oxygen atoms in total. The normalized spacial score (nSPS) is 18.0. The second kappa shape index (κ2) is 10.8. The summed E-state index contributed by atoms with van der Waals surface area (Å²) in [7, 11) is 0. The summed E-state index contributed by atoms with van der Waals surface area (Å²) in [6.45, 7) is 3.63. The quantitative estimate of drug-likeness (QED) is 0.260. The summed E-state index contributed by atoms with van der Waals surface area (Å²) in [4.78, 5) is 14.8. The van der Waals surface area contributed by atoms with Crippen molar-refractivity contribution in [2.45, 2.75) is 25.6 Å². The fourth-order valence-electron chi connectivity index (χ4n) is 4.96. The van der Waals surface area contributed by atoms with Gasteiger partial charge in [0, 0.05) is 23.6 Å². The van der Waals surface area contributed by atoms with E-state index in [0.717, 1.165) is 33.8 Å². The Morgan fingerprint density at radius 1 is 0.816 bits per heavy atom. The fraction of sp³-hybridized carbons (Fsp3) is 0.179. The summed E-state index contributed by atoms with van der Waals surface area (Å²) < 4.78 is 3.60. The summed E-state index contributed by atoms with van der Waals surface area (Å²) in [5.74, 6) is -0.0914. The molecule has 6 rings (SSSR count). The summed E-state index contributed by atoms with van der Waals surface area (Å²) in [6, 6.07) is 27.7. The van der Waals surface area contributed by atoms with Crippen LogP contribution in [0.4, 0.5) is 5.69 Å². The Labute approximate surface area is 230 Å². The van der Waals surface area contributed by atoms with Crippen LogP contribution in [0.2, 0.25) is 0 Å². The molecule has 0 aliphatic carbocycles. The lowest BCUT2D eigenvalue weighted by molar-refractivity contribution is -0.117. The van der Waals surface area contributed by atoms with Crippen LogP contribution in [0.15, 0.2) is 97.3 Å². The van der Waals surface area contributed by atoms with Gasteiger partial charge in [0.15, 0.2) is 6.17 Å². The first kappa shape index (κ1) is 25.6. The number of rotatable bonds is 4. The molecule has 3 aromatic carbocycles. The maximum atomic E-state index is 13.0. The van der Waals surface area contributed by atoms with E-state index in [-0.39, 0.29) is 11.2 Å². The number of halogens is 2.